The molecule has 2 aromatic heterocycles. The van der Waals surface area contributed by atoms with Crippen LogP contribution in [0.4, 0.5) is 0 Å². The molecular weight excluding hydrogens is 431 g/mol. The fourth-order valence-electron chi connectivity index (χ4n) is 4.98. The Hall–Kier alpha value is -2.40. The summed E-state index contributed by atoms with van der Waals surface area (Å²) in [6.45, 7) is 7.24. The van der Waals surface area contributed by atoms with E-state index in [1.807, 2.05) is 23.1 Å². The van der Waals surface area contributed by atoms with E-state index in [9.17, 15) is 0 Å². The highest BCUT2D eigenvalue weighted by atomic mass is 32.2. The Morgan fingerprint density at radius 1 is 0.871 bits per heavy atom. The van der Waals surface area contributed by atoms with Gasteiger partial charge in [-0.2, -0.15) is 0 Å². The molecule has 0 radical (unpaired) electrons. The number of nitrogens with zero attached hydrogens (tertiary/aromatic N) is 1. The molecule has 3 aromatic carbocycles. The third-order valence-corrected chi connectivity index (χ3v) is 12.3. The molecule has 0 bridgehead atoms. The molecule has 5 aromatic rings. The zero-order valence-corrected chi connectivity index (χ0v) is 20.8. The van der Waals surface area contributed by atoms with Crippen LogP contribution in [0.2, 0.25) is 13.1 Å². The van der Waals surface area contributed by atoms with Crippen LogP contribution in [-0.2, 0) is 7.05 Å². The van der Waals surface area contributed by atoms with Crippen molar-refractivity contribution < 1.29 is 4.57 Å². The van der Waals surface area contributed by atoms with Crippen LogP contribution in [0.25, 0.3) is 32.1 Å². The summed E-state index contributed by atoms with van der Waals surface area (Å²) in [5, 5.41) is 9.36. The number of pyridine rings is 1. The van der Waals surface area contributed by atoms with Gasteiger partial charge in [0.15, 0.2) is 6.20 Å². The molecule has 0 atom stereocenters. The van der Waals surface area contributed by atoms with Gasteiger partial charge in [0.1, 0.15) is 15.1 Å². The number of hydrogen-bond donors (Lipinski definition) is 0. The second-order valence-corrected chi connectivity index (χ2v) is 15.5. The predicted molar refractivity (Wildman–Crippen MR) is 138 cm³/mol. The molecule has 0 saturated heterocycles. The van der Waals surface area contributed by atoms with E-state index in [4.69, 9.17) is 0 Å². The van der Waals surface area contributed by atoms with Gasteiger partial charge in [-0.1, -0.05) is 71.6 Å². The van der Waals surface area contributed by atoms with Crippen LogP contribution in [0.15, 0.2) is 82.0 Å². The summed E-state index contributed by atoms with van der Waals surface area (Å²) in [6.07, 6.45) is 2.24. The average molecular weight is 455 g/mol. The van der Waals surface area contributed by atoms with Crippen molar-refractivity contribution in [2.24, 2.45) is 7.05 Å². The van der Waals surface area contributed by atoms with Crippen LogP contribution in [0, 0.1) is 6.92 Å². The van der Waals surface area contributed by atoms with Crippen LogP contribution in [-0.4, -0.2) is 8.07 Å². The van der Waals surface area contributed by atoms with Gasteiger partial charge in [-0.05, 0) is 46.8 Å². The Morgan fingerprint density at radius 2 is 1.68 bits per heavy atom. The van der Waals surface area contributed by atoms with Crippen molar-refractivity contribution in [3.63, 3.8) is 0 Å². The van der Waals surface area contributed by atoms with Crippen molar-refractivity contribution in [1.29, 1.82) is 0 Å². The lowest BCUT2D eigenvalue weighted by Gasteiger charge is -2.27. The molecule has 3 heterocycles. The molecule has 0 unspecified atom stereocenters. The molecule has 1 aliphatic heterocycles. The minimum atomic E-state index is -1.78. The van der Waals surface area contributed by atoms with Gasteiger partial charge in [0, 0.05) is 20.6 Å². The van der Waals surface area contributed by atoms with Gasteiger partial charge in [0.25, 0.3) is 0 Å². The third-order valence-electron chi connectivity index (χ3n) is 6.86. The van der Waals surface area contributed by atoms with Crippen molar-refractivity contribution in [2.75, 3.05) is 0 Å². The van der Waals surface area contributed by atoms with Crippen molar-refractivity contribution in [2.45, 2.75) is 29.8 Å². The molecule has 0 fully saturated rings. The number of aromatic nitrogens is 1. The van der Waals surface area contributed by atoms with Gasteiger partial charge in [-0.25, -0.2) is 4.57 Å². The number of hydrogen-bond acceptors (Lipinski definition) is 2. The Balaban J connectivity index is 1.66. The molecule has 4 heteroatoms. The van der Waals surface area contributed by atoms with E-state index in [0.29, 0.717) is 0 Å². The van der Waals surface area contributed by atoms with Gasteiger partial charge in [-0.3, -0.25) is 0 Å². The van der Waals surface area contributed by atoms with Crippen LogP contribution >= 0.6 is 23.1 Å². The predicted octanol–water partition coefficient (Wildman–Crippen LogP) is 6.14. The lowest BCUT2D eigenvalue weighted by molar-refractivity contribution is -0.659. The second kappa shape index (κ2) is 6.80. The number of rotatable bonds is 2. The molecule has 31 heavy (non-hydrogen) atoms. The van der Waals surface area contributed by atoms with Gasteiger partial charge in [0.2, 0.25) is 5.69 Å². The summed E-state index contributed by atoms with van der Waals surface area (Å²) in [7, 11) is 0.406. The van der Waals surface area contributed by atoms with Crippen molar-refractivity contribution >= 4 is 62.4 Å². The van der Waals surface area contributed by atoms with Crippen molar-refractivity contribution in [1.82, 2.24) is 0 Å². The minimum absolute atomic E-state index is 1.36. The smallest absolute Gasteiger partial charge is 0.200 e. The first-order valence-electron chi connectivity index (χ1n) is 10.7. The highest BCUT2D eigenvalue weighted by Gasteiger charge is 2.32. The molecule has 152 valence electrons. The SMILES string of the molecule is Cc1c2c(cc3sccc13)Sc1cc([Si](C)(C)c3ccccc3)cc3cc[n+](C)c-2c13. The normalized spacial score (nSPS) is 13.0. The summed E-state index contributed by atoms with van der Waals surface area (Å²) < 4.78 is 3.70. The van der Waals surface area contributed by atoms with E-state index in [2.05, 4.69) is 104 Å². The Labute approximate surface area is 192 Å². The summed E-state index contributed by atoms with van der Waals surface area (Å²) in [5.74, 6) is 0. The van der Waals surface area contributed by atoms with Gasteiger partial charge < -0.3 is 0 Å². The van der Waals surface area contributed by atoms with E-state index in [1.54, 1.807) is 0 Å². The maximum Gasteiger partial charge on any atom is 0.222 e. The summed E-state index contributed by atoms with van der Waals surface area (Å²) in [5.41, 5.74) is 4.17. The number of benzene rings is 3. The minimum Gasteiger partial charge on any atom is -0.200 e. The lowest BCUT2D eigenvalue weighted by atomic mass is 9.97. The van der Waals surface area contributed by atoms with Crippen LogP contribution in [0.5, 0.6) is 0 Å². The van der Waals surface area contributed by atoms with Gasteiger partial charge in [-0.15, -0.1) is 11.3 Å². The van der Waals surface area contributed by atoms with E-state index in [-0.39, 0.29) is 0 Å². The molecule has 1 nitrogen and oxygen atoms in total. The van der Waals surface area contributed by atoms with Crippen molar-refractivity contribution in [3.05, 3.63) is 77.8 Å². The summed E-state index contributed by atoms with van der Waals surface area (Å²) in [4.78, 5) is 2.79. The highest BCUT2D eigenvalue weighted by molar-refractivity contribution is 7.99. The summed E-state index contributed by atoms with van der Waals surface area (Å²) >= 11 is 3.80. The highest BCUT2D eigenvalue weighted by Crippen LogP contribution is 2.49. The molecule has 1 aliphatic rings. The zero-order valence-electron chi connectivity index (χ0n) is 18.2. The van der Waals surface area contributed by atoms with Gasteiger partial charge in [0.05, 0.1) is 10.9 Å². The molecule has 0 saturated carbocycles. The number of thiophene rings is 1. The van der Waals surface area contributed by atoms with Crippen LogP contribution < -0.4 is 14.9 Å². The quantitative estimate of drug-likeness (QED) is 0.224. The molecule has 0 N–H and O–H groups in total. The first-order chi connectivity index (χ1) is 14.9. The Bertz CT molecular complexity index is 1500. The largest absolute Gasteiger partial charge is 0.222 e. The molecule has 0 spiro atoms. The fraction of sp³-hybridized carbons (Fsp3) is 0.148. The molecule has 0 amide bonds. The monoisotopic (exact) mass is 454 g/mol. The standard InChI is InChI=1S/C27H24NS2Si/c1-17-21-11-13-29-22(21)16-24-25(17)27-26-18(10-12-28(27)2)14-20(15-23(26)30-24)31(3,4)19-8-6-5-7-9-19/h5-16H,1-4H3/q+1. The molecular formula is C27H24NS2Si+. The van der Waals surface area contributed by atoms with Crippen LogP contribution in [0.1, 0.15) is 5.56 Å². The van der Waals surface area contributed by atoms with Crippen molar-refractivity contribution in [3.8, 4) is 11.3 Å². The topological polar surface area (TPSA) is 3.88 Å². The first kappa shape index (κ1) is 19.3. The third kappa shape index (κ3) is 2.78. The van der Waals surface area contributed by atoms with E-state index in [0.717, 1.165) is 0 Å². The Morgan fingerprint density at radius 3 is 2.48 bits per heavy atom. The average Bonchev–Trinajstić information content (AvgIpc) is 3.25. The Kier molecular flexibility index (Phi) is 4.23. The lowest BCUT2D eigenvalue weighted by Crippen LogP contribution is -2.52. The van der Waals surface area contributed by atoms with E-state index < -0.39 is 8.07 Å². The zero-order chi connectivity index (χ0) is 21.3. The van der Waals surface area contributed by atoms with E-state index >= 15 is 0 Å². The fourth-order valence-corrected chi connectivity index (χ4v) is 9.69. The number of fused-ring (bicyclic) bond motifs is 3. The molecule has 0 aliphatic carbocycles. The number of aryl methyl sites for hydroxylation is 2. The van der Waals surface area contributed by atoms with E-state index in [1.165, 1.54) is 57.8 Å². The maximum atomic E-state index is 2.49. The maximum absolute atomic E-state index is 2.49. The first-order valence-corrected chi connectivity index (χ1v) is 15.4. The molecule has 6 rings (SSSR count). The summed E-state index contributed by atoms with van der Waals surface area (Å²) in [6, 6.07) is 23.0. The second-order valence-electron chi connectivity index (χ2n) is 9.01. The van der Waals surface area contributed by atoms with Gasteiger partial charge >= 0.3 is 0 Å². The van der Waals surface area contributed by atoms with Crippen LogP contribution in [0.3, 0.4) is 0 Å².